The number of aromatic nitrogens is 3. The summed E-state index contributed by atoms with van der Waals surface area (Å²) in [6.07, 6.45) is 4.02. The van der Waals surface area contributed by atoms with E-state index < -0.39 is 5.97 Å². The second-order valence-electron chi connectivity index (χ2n) is 5.36. The monoisotopic (exact) mass is 324 g/mol. The zero-order valence-electron chi connectivity index (χ0n) is 12.7. The molecule has 0 spiro atoms. The third-order valence-electron chi connectivity index (χ3n) is 3.28. The van der Waals surface area contributed by atoms with Crippen LogP contribution >= 0.6 is 0 Å². The van der Waals surface area contributed by atoms with Gasteiger partial charge in [0.25, 0.3) is 0 Å². The van der Waals surface area contributed by atoms with Crippen molar-refractivity contribution in [3.63, 3.8) is 0 Å². The van der Waals surface area contributed by atoms with E-state index in [2.05, 4.69) is 10.3 Å². The van der Waals surface area contributed by atoms with Crippen molar-refractivity contribution in [2.75, 3.05) is 20.7 Å². The summed E-state index contributed by atoms with van der Waals surface area (Å²) < 4.78 is 6.57. The maximum atomic E-state index is 12.5. The van der Waals surface area contributed by atoms with Gasteiger partial charge in [-0.25, -0.2) is 4.79 Å². The molecule has 130 valence electrons. The minimum Gasteiger partial charge on any atom is -0.462 e. The summed E-state index contributed by atoms with van der Waals surface area (Å²) in [7, 11) is 5.31. The predicted octanol–water partition coefficient (Wildman–Crippen LogP) is 1.77. The van der Waals surface area contributed by atoms with Crippen LogP contribution in [0.25, 0.3) is 0 Å². The minimum atomic E-state index is -0.569. The molecule has 2 rings (SSSR count). The summed E-state index contributed by atoms with van der Waals surface area (Å²) in [4.78, 5) is 26.1. The fourth-order valence-corrected chi connectivity index (χ4v) is 2.23. The van der Waals surface area contributed by atoms with Crippen molar-refractivity contribution in [2.45, 2.75) is 34.1 Å². The largest absolute Gasteiger partial charge is 0.462 e. The predicted molar refractivity (Wildman–Crippen MR) is 88.7 cm³/mol. The van der Waals surface area contributed by atoms with E-state index in [1.807, 2.05) is 0 Å². The molecule has 1 fully saturated rings. The van der Waals surface area contributed by atoms with E-state index in [1.54, 1.807) is 43.8 Å². The van der Waals surface area contributed by atoms with Crippen molar-refractivity contribution < 1.29 is 14.3 Å². The van der Waals surface area contributed by atoms with Gasteiger partial charge in [-0.15, -0.1) is 5.10 Å². The summed E-state index contributed by atoms with van der Waals surface area (Å²) in [6.45, 7) is 1.96. The van der Waals surface area contributed by atoms with E-state index in [0.717, 1.165) is 5.69 Å². The lowest BCUT2D eigenvalue weighted by Crippen LogP contribution is -2.20. The Kier molecular flexibility index (Phi) is 7.65. The highest BCUT2D eigenvalue weighted by molar-refractivity contribution is 6.19. The Morgan fingerprint density at radius 3 is 2.57 bits per heavy atom. The molecule has 1 saturated carbocycles. The minimum absolute atomic E-state index is 0. The number of nitrogens with zero attached hydrogens (tertiary/aromatic N) is 4. The van der Waals surface area contributed by atoms with Crippen LogP contribution in [0.5, 0.6) is 0 Å². The maximum Gasteiger partial charge on any atom is 0.343 e. The summed E-state index contributed by atoms with van der Waals surface area (Å²) >= 11 is 0. The molecule has 1 aliphatic carbocycles. The third-order valence-corrected chi connectivity index (χ3v) is 3.28. The Morgan fingerprint density at radius 1 is 1.43 bits per heavy atom. The molecule has 0 bridgehead atoms. The van der Waals surface area contributed by atoms with E-state index in [0.29, 0.717) is 6.42 Å². The number of Topliss-reactive ketones (excluding diaryl/α,β-unsaturated/α-hetero) is 1. The van der Waals surface area contributed by atoms with Gasteiger partial charge in [-0.05, 0) is 13.3 Å². The van der Waals surface area contributed by atoms with Crippen molar-refractivity contribution in [3.8, 4) is 0 Å². The Morgan fingerprint density at radius 2 is 2.09 bits per heavy atom. The number of ketones is 1. The third kappa shape index (κ3) is 4.91. The smallest absolute Gasteiger partial charge is 0.343 e. The lowest BCUT2D eigenvalue weighted by Gasteiger charge is -2.10. The van der Waals surface area contributed by atoms with E-state index in [1.165, 1.54) is 6.20 Å². The van der Waals surface area contributed by atoms with E-state index in [-0.39, 0.29) is 44.7 Å². The van der Waals surface area contributed by atoms with Gasteiger partial charge in [0.1, 0.15) is 5.57 Å². The van der Waals surface area contributed by atoms with Crippen LogP contribution in [0.2, 0.25) is 0 Å². The second-order valence-corrected chi connectivity index (χ2v) is 5.36. The number of hydrogen-bond acceptors (Lipinski definition) is 6. The first-order valence-corrected chi connectivity index (χ1v) is 6.89. The lowest BCUT2D eigenvalue weighted by atomic mass is 10.1. The van der Waals surface area contributed by atoms with Gasteiger partial charge in [-0.1, -0.05) is 20.1 Å². The highest BCUT2D eigenvalue weighted by Gasteiger charge is 2.47. The number of carbonyl (C=O) groups excluding carboxylic acids is 2. The lowest BCUT2D eigenvalue weighted by molar-refractivity contribution is -0.140. The molecule has 0 N–H and O–H groups in total. The zero-order valence-corrected chi connectivity index (χ0v) is 12.7. The first kappa shape index (κ1) is 20.8. The standard InChI is InChI=1S/C14H20N4O3.2CH4/c1-5-21-14(20)11(7-17(2)3)13(19)10-6-9(10)12-8-18(4)16-15-12;;/h7-10H,5-6H2,1-4H3;2*1H4/t9-,10-;;/m1../s1. The van der Waals surface area contributed by atoms with Crippen molar-refractivity contribution in [1.29, 1.82) is 0 Å². The van der Waals surface area contributed by atoms with Crippen LogP contribution in [0.3, 0.4) is 0 Å². The quantitative estimate of drug-likeness (QED) is 0.343. The fraction of sp³-hybridized carbons (Fsp3) is 0.625. The van der Waals surface area contributed by atoms with Crippen molar-refractivity contribution in [3.05, 3.63) is 23.7 Å². The van der Waals surface area contributed by atoms with Gasteiger partial charge in [0.05, 0.1) is 12.3 Å². The number of hydrogen-bond donors (Lipinski definition) is 0. The van der Waals surface area contributed by atoms with E-state index in [9.17, 15) is 9.59 Å². The van der Waals surface area contributed by atoms with Crippen LogP contribution in [0.15, 0.2) is 18.0 Å². The van der Waals surface area contributed by atoms with Gasteiger partial charge in [-0.3, -0.25) is 9.48 Å². The molecule has 7 nitrogen and oxygen atoms in total. The number of ether oxygens (including phenoxy) is 1. The SMILES string of the molecule is C.C.CCOC(=O)C(=CN(C)C)C(=O)[C@@H]1C[C@H]1c1cn(C)nn1. The van der Waals surface area contributed by atoms with Crippen molar-refractivity contribution in [1.82, 2.24) is 19.9 Å². The molecular weight excluding hydrogens is 296 g/mol. The van der Waals surface area contributed by atoms with Gasteiger partial charge < -0.3 is 9.64 Å². The number of rotatable bonds is 6. The van der Waals surface area contributed by atoms with Gasteiger partial charge in [0.2, 0.25) is 0 Å². The van der Waals surface area contributed by atoms with Gasteiger partial charge >= 0.3 is 5.97 Å². The Balaban J connectivity index is 0.00000242. The van der Waals surface area contributed by atoms with Gasteiger partial charge in [0, 0.05) is 45.4 Å². The van der Waals surface area contributed by atoms with Crippen LogP contribution in [0.1, 0.15) is 39.8 Å². The molecule has 7 heteroatoms. The molecule has 2 atom stereocenters. The Bertz CT molecular complexity index is 578. The highest BCUT2D eigenvalue weighted by Crippen LogP contribution is 2.48. The number of carbonyl (C=O) groups is 2. The van der Waals surface area contributed by atoms with Crippen molar-refractivity contribution >= 4 is 11.8 Å². The summed E-state index contributed by atoms with van der Waals surface area (Å²) in [5, 5.41) is 7.90. The van der Waals surface area contributed by atoms with Crippen LogP contribution in [-0.2, 0) is 21.4 Å². The highest BCUT2D eigenvalue weighted by atomic mass is 16.5. The topological polar surface area (TPSA) is 77.3 Å². The zero-order chi connectivity index (χ0) is 15.6. The molecule has 1 aromatic rings. The van der Waals surface area contributed by atoms with Crippen LogP contribution in [0.4, 0.5) is 0 Å². The van der Waals surface area contributed by atoms with Crippen molar-refractivity contribution in [2.24, 2.45) is 13.0 Å². The first-order valence-electron chi connectivity index (χ1n) is 6.89. The molecule has 0 radical (unpaired) electrons. The summed E-state index contributed by atoms with van der Waals surface area (Å²) in [5.41, 5.74) is 0.891. The van der Waals surface area contributed by atoms with Gasteiger partial charge in [0.15, 0.2) is 5.78 Å². The molecular formula is C16H28N4O3. The first-order chi connectivity index (χ1) is 9.93. The average molecular weight is 324 g/mol. The summed E-state index contributed by atoms with van der Waals surface area (Å²) in [5.74, 6) is -0.915. The number of esters is 1. The Hall–Kier alpha value is -2.18. The molecule has 23 heavy (non-hydrogen) atoms. The second kappa shape index (κ2) is 8.45. The fourth-order valence-electron chi connectivity index (χ4n) is 2.23. The molecule has 1 aromatic heterocycles. The normalized spacial score (nSPS) is 19.2. The molecule has 0 aromatic carbocycles. The van der Waals surface area contributed by atoms with Crippen LogP contribution < -0.4 is 0 Å². The Labute approximate surface area is 138 Å². The number of aryl methyl sites for hydroxylation is 1. The van der Waals surface area contributed by atoms with Crippen LogP contribution in [0, 0.1) is 5.92 Å². The summed E-state index contributed by atoms with van der Waals surface area (Å²) in [6, 6.07) is 0. The van der Waals surface area contributed by atoms with Crippen LogP contribution in [-0.4, -0.2) is 52.3 Å². The van der Waals surface area contributed by atoms with E-state index >= 15 is 0 Å². The molecule has 0 unspecified atom stereocenters. The van der Waals surface area contributed by atoms with Gasteiger partial charge in [-0.2, -0.15) is 0 Å². The molecule has 1 heterocycles. The molecule has 0 aliphatic heterocycles. The maximum absolute atomic E-state index is 12.5. The average Bonchev–Trinajstić information content (AvgIpc) is 3.10. The van der Waals surface area contributed by atoms with E-state index in [4.69, 9.17) is 4.74 Å². The molecule has 0 saturated heterocycles. The molecule has 1 aliphatic rings. The molecule has 0 amide bonds.